The molecular formula is C62H75F3N10O9. The Labute approximate surface area is 487 Å². The van der Waals surface area contributed by atoms with E-state index in [1.54, 1.807) is 73.5 Å². The minimum atomic E-state index is -1.13. The summed E-state index contributed by atoms with van der Waals surface area (Å²) in [6.07, 6.45) is 4.94. The Morgan fingerprint density at radius 3 is 2.12 bits per heavy atom. The number of ether oxygens (including phenoxy) is 1. The van der Waals surface area contributed by atoms with Gasteiger partial charge in [0.2, 0.25) is 17.7 Å². The highest BCUT2D eigenvalue weighted by Crippen LogP contribution is 2.40. The van der Waals surface area contributed by atoms with Crippen molar-refractivity contribution in [2.24, 2.45) is 17.1 Å². The largest absolute Gasteiger partial charge is 0.445 e. The topological polar surface area (TPSA) is 256 Å². The number of hydrogen-bond donors (Lipinski definition) is 6. The van der Waals surface area contributed by atoms with Crippen molar-refractivity contribution in [1.82, 2.24) is 40.6 Å². The summed E-state index contributed by atoms with van der Waals surface area (Å²) in [4.78, 5) is 111. The molecule has 5 aromatic rings. The van der Waals surface area contributed by atoms with Crippen molar-refractivity contribution in [2.45, 2.75) is 124 Å². The summed E-state index contributed by atoms with van der Waals surface area (Å²) in [5.74, 6) is -4.12. The number of hydrogen-bond acceptors (Lipinski definition) is 10. The smallest absolute Gasteiger partial charge is 0.407 e. The van der Waals surface area contributed by atoms with Crippen LogP contribution in [-0.4, -0.2) is 111 Å². The molecule has 19 nitrogen and oxygen atoms in total. The predicted molar refractivity (Wildman–Crippen MR) is 310 cm³/mol. The maximum Gasteiger partial charge on any atom is 0.407 e. The third-order valence-electron chi connectivity index (χ3n) is 14.0. The van der Waals surface area contributed by atoms with Crippen molar-refractivity contribution in [1.29, 1.82) is 0 Å². The monoisotopic (exact) mass is 1160 g/mol. The highest BCUT2D eigenvalue weighted by molar-refractivity contribution is 6.12. The number of benzene rings is 4. The minimum Gasteiger partial charge on any atom is -0.445 e. The summed E-state index contributed by atoms with van der Waals surface area (Å²) >= 11 is 0. The Hall–Kier alpha value is -8.82. The first-order chi connectivity index (χ1) is 40.0. The van der Waals surface area contributed by atoms with Crippen LogP contribution in [0.1, 0.15) is 118 Å². The molecule has 0 aliphatic carbocycles. The first-order valence-corrected chi connectivity index (χ1v) is 28.0. The number of carbonyl (C=O) groups is 8. The molecule has 4 aromatic carbocycles. The number of anilines is 1. The van der Waals surface area contributed by atoms with Crippen LogP contribution < -0.4 is 32.3 Å². The lowest BCUT2D eigenvalue weighted by molar-refractivity contribution is -0.137. The molecule has 1 aliphatic rings. The molecule has 84 heavy (non-hydrogen) atoms. The molecule has 0 radical (unpaired) electrons. The van der Waals surface area contributed by atoms with Gasteiger partial charge in [-0.2, -0.15) is 0 Å². The Balaban J connectivity index is 1.09. The van der Waals surface area contributed by atoms with E-state index < -0.39 is 83.6 Å². The molecule has 0 unspecified atom stereocenters. The Morgan fingerprint density at radius 2 is 1.48 bits per heavy atom. The van der Waals surface area contributed by atoms with E-state index in [1.807, 2.05) is 62.6 Å². The lowest BCUT2D eigenvalue weighted by Crippen LogP contribution is -2.54. The molecule has 0 fully saturated rings. The number of primary amides is 1. The van der Waals surface area contributed by atoms with Crippen LogP contribution in [0.4, 0.5) is 28.4 Å². The number of urea groups is 1. The molecule has 2 heterocycles. The van der Waals surface area contributed by atoms with E-state index in [-0.39, 0.29) is 87.5 Å². The number of unbranched alkanes of at least 4 members (excludes halogenated alkanes) is 2. The van der Waals surface area contributed by atoms with E-state index in [1.165, 1.54) is 12.2 Å². The van der Waals surface area contributed by atoms with Crippen molar-refractivity contribution in [2.75, 3.05) is 31.6 Å². The van der Waals surface area contributed by atoms with Gasteiger partial charge in [-0.1, -0.05) is 101 Å². The third kappa shape index (κ3) is 18.9. The first-order valence-electron chi connectivity index (χ1n) is 28.0. The second-order valence-electron chi connectivity index (χ2n) is 22.2. The van der Waals surface area contributed by atoms with Crippen molar-refractivity contribution in [3.8, 4) is 11.3 Å². The fourth-order valence-corrected chi connectivity index (χ4v) is 9.55. The zero-order valence-corrected chi connectivity index (χ0v) is 48.2. The van der Waals surface area contributed by atoms with Gasteiger partial charge in [-0.3, -0.25) is 33.7 Å². The van der Waals surface area contributed by atoms with Crippen LogP contribution >= 0.6 is 0 Å². The summed E-state index contributed by atoms with van der Waals surface area (Å²) in [5.41, 5.74) is 7.49. The fourth-order valence-electron chi connectivity index (χ4n) is 9.55. The highest BCUT2D eigenvalue weighted by atomic mass is 19.1. The van der Waals surface area contributed by atoms with Crippen molar-refractivity contribution in [3.63, 3.8) is 0 Å². The van der Waals surface area contributed by atoms with Gasteiger partial charge in [0.25, 0.3) is 17.7 Å². The molecule has 7 N–H and O–H groups in total. The molecule has 0 bridgehead atoms. The molecule has 22 heteroatoms. The first kappa shape index (κ1) is 64.3. The van der Waals surface area contributed by atoms with Crippen LogP contribution in [0.25, 0.3) is 11.3 Å². The van der Waals surface area contributed by atoms with E-state index in [9.17, 15) is 47.1 Å². The van der Waals surface area contributed by atoms with Gasteiger partial charge in [-0.25, -0.2) is 27.7 Å². The van der Waals surface area contributed by atoms with Crippen LogP contribution in [0.3, 0.4) is 0 Å². The number of nitrogens with zero attached hydrogens (tertiary/aromatic N) is 4. The number of carbonyl (C=O) groups excluding carboxylic acids is 8. The van der Waals surface area contributed by atoms with Crippen molar-refractivity contribution >= 4 is 53.3 Å². The number of alkyl carbamates (subject to hydrolysis) is 1. The number of nitrogens with two attached hydrogens (primary N) is 1. The number of amides is 9. The number of rotatable bonds is 29. The molecule has 6 rings (SSSR count). The zero-order chi connectivity index (χ0) is 61.1. The average Bonchev–Trinajstić information content (AvgIpc) is 2.36. The van der Waals surface area contributed by atoms with E-state index in [4.69, 9.17) is 15.5 Å². The van der Waals surface area contributed by atoms with Gasteiger partial charge in [-0.15, -0.1) is 0 Å². The SMILES string of the molecule is Cc1ccc(C(=O)N(CC[C@@H](CF)NC(=O)OCc2ccc(NC(=O)[C@H](CCCNC(N)=O)NC(=O)[C@@H](NC(=O)CCCCCN3C(=O)C=CC3=O)C(C)C)cc2)[C@@H](c2nc(-c3cc(F)ccc3F)cn2Cc2ccccc2)C(C)(C)C)cc1. The number of nitrogens with one attached hydrogen (secondary N) is 5. The highest BCUT2D eigenvalue weighted by Gasteiger charge is 2.39. The summed E-state index contributed by atoms with van der Waals surface area (Å²) in [5, 5.41) is 13.3. The molecule has 4 atom stereocenters. The summed E-state index contributed by atoms with van der Waals surface area (Å²) < 4.78 is 52.3. The number of alkyl halides is 1. The third-order valence-corrected chi connectivity index (χ3v) is 14.0. The van der Waals surface area contributed by atoms with Crippen LogP contribution in [0, 0.1) is 29.9 Å². The molecule has 448 valence electrons. The number of imide groups is 1. The van der Waals surface area contributed by atoms with Gasteiger partial charge in [0.05, 0.1) is 17.8 Å². The van der Waals surface area contributed by atoms with Gasteiger partial charge in [0.1, 0.15) is 42.8 Å². The van der Waals surface area contributed by atoms with E-state index in [2.05, 4.69) is 26.6 Å². The normalized spacial score (nSPS) is 13.7. The summed E-state index contributed by atoms with van der Waals surface area (Å²) in [6.45, 7) is 10.4. The molecule has 1 aromatic heterocycles. The Bertz CT molecular complexity index is 3110. The van der Waals surface area contributed by atoms with Crippen molar-refractivity contribution < 1.29 is 56.3 Å². The number of imidazole rings is 1. The summed E-state index contributed by atoms with van der Waals surface area (Å²) in [6, 6.07) is 21.0. The van der Waals surface area contributed by atoms with E-state index in [0.717, 1.165) is 34.2 Å². The fraction of sp³-hybridized carbons (Fsp3) is 0.403. The maximum atomic E-state index is 15.4. The standard InChI is InChI=1S/C62H75F3N10O9/c1-39(2)54(72-51(76)17-11-8-12-32-74-52(77)28-29-53(74)78)58(80)71-49(16-13-31-67-60(66)82)57(79)68-45-25-20-42(21-26-45)38-84-61(83)69-46(35-63)30-33-75(59(81)43-22-18-40(3)19-23-43)55(62(4,5)6)56-70-50(47-34-44(64)24-27-48(47)65)37-73(56)36-41-14-9-7-10-15-41/h7,9-10,14-15,18-29,34,37,39,46,49,54-55H,8,11-13,16-17,30-33,35-36,38H2,1-6H3,(H,68,79)(H,69,83)(H,71,80)(H,72,76)(H3,66,67,82)/t46-,49-,54-,55-/m0/s1. The summed E-state index contributed by atoms with van der Waals surface area (Å²) in [7, 11) is 0. The van der Waals surface area contributed by atoms with Gasteiger partial charge in [0, 0.05) is 67.8 Å². The number of aromatic nitrogens is 2. The lowest BCUT2D eigenvalue weighted by atomic mass is 9.84. The lowest BCUT2D eigenvalue weighted by Gasteiger charge is -2.40. The second kappa shape index (κ2) is 30.5. The van der Waals surface area contributed by atoms with Gasteiger partial charge in [0.15, 0.2) is 0 Å². The average molecular weight is 1160 g/mol. The quantitative estimate of drug-likeness (QED) is 0.0196. The van der Waals surface area contributed by atoms with Crippen LogP contribution in [0.5, 0.6) is 0 Å². The zero-order valence-electron chi connectivity index (χ0n) is 48.2. The molecule has 9 amide bonds. The minimum absolute atomic E-state index is 0.0678. The van der Waals surface area contributed by atoms with E-state index >= 15 is 4.39 Å². The molecular weight excluding hydrogens is 1090 g/mol. The molecule has 0 spiro atoms. The predicted octanol–water partition coefficient (Wildman–Crippen LogP) is 8.57. The van der Waals surface area contributed by atoms with Crippen LogP contribution in [0.15, 0.2) is 115 Å². The van der Waals surface area contributed by atoms with Gasteiger partial charge >= 0.3 is 12.1 Å². The van der Waals surface area contributed by atoms with E-state index in [0.29, 0.717) is 41.9 Å². The van der Waals surface area contributed by atoms with Gasteiger partial charge < -0.3 is 46.5 Å². The van der Waals surface area contributed by atoms with Crippen LogP contribution in [0.2, 0.25) is 0 Å². The van der Waals surface area contributed by atoms with Gasteiger partial charge in [-0.05, 0) is 104 Å². The molecule has 1 aliphatic heterocycles. The number of halogens is 3. The molecule has 0 saturated heterocycles. The van der Waals surface area contributed by atoms with Crippen LogP contribution in [-0.2, 0) is 41.9 Å². The Kier molecular flexibility index (Phi) is 23.3. The molecule has 0 saturated carbocycles. The number of aryl methyl sites for hydroxylation is 1. The maximum absolute atomic E-state index is 15.4. The second-order valence-corrected chi connectivity index (χ2v) is 22.2. The van der Waals surface area contributed by atoms with Crippen molar-refractivity contribution in [3.05, 3.63) is 155 Å². The Morgan fingerprint density at radius 1 is 0.786 bits per heavy atom.